The van der Waals surface area contributed by atoms with Crippen molar-refractivity contribution in [2.45, 2.75) is 45.1 Å². The van der Waals surface area contributed by atoms with Crippen LogP contribution in [0.2, 0.25) is 0 Å². The Morgan fingerprint density at radius 3 is 3.15 bits per heavy atom. The van der Waals surface area contributed by atoms with E-state index in [1.807, 2.05) is 6.07 Å². The number of piperidine rings is 1. The number of aromatic nitrogens is 3. The van der Waals surface area contributed by atoms with Gasteiger partial charge in [-0.15, -0.1) is 0 Å². The fourth-order valence-corrected chi connectivity index (χ4v) is 2.78. The molecular formula is C15H20N4O. The smallest absolute Gasteiger partial charge is 0.230 e. The predicted molar refractivity (Wildman–Crippen MR) is 76.3 cm³/mol. The van der Waals surface area contributed by atoms with Crippen molar-refractivity contribution in [3.63, 3.8) is 0 Å². The van der Waals surface area contributed by atoms with E-state index in [2.05, 4.69) is 40.4 Å². The molecule has 5 heteroatoms. The Morgan fingerprint density at radius 2 is 2.35 bits per heavy atom. The van der Waals surface area contributed by atoms with Gasteiger partial charge in [-0.25, -0.2) is 0 Å². The molecule has 2 aromatic heterocycles. The van der Waals surface area contributed by atoms with Crippen LogP contribution in [0.5, 0.6) is 0 Å². The lowest BCUT2D eigenvalue weighted by molar-refractivity contribution is 0.295. The zero-order valence-corrected chi connectivity index (χ0v) is 12.0. The van der Waals surface area contributed by atoms with Gasteiger partial charge >= 0.3 is 0 Å². The second kappa shape index (κ2) is 5.71. The van der Waals surface area contributed by atoms with Gasteiger partial charge in [-0.1, -0.05) is 18.1 Å². The van der Waals surface area contributed by atoms with E-state index in [-0.39, 0.29) is 0 Å². The highest BCUT2D eigenvalue weighted by Gasteiger charge is 2.25. The summed E-state index contributed by atoms with van der Waals surface area (Å²) in [4.78, 5) is 8.98. The highest BCUT2D eigenvalue weighted by Crippen LogP contribution is 2.28. The minimum absolute atomic E-state index is 0.362. The third-order valence-corrected chi connectivity index (χ3v) is 3.90. The van der Waals surface area contributed by atoms with Crippen LogP contribution in [-0.2, 0) is 6.42 Å². The van der Waals surface area contributed by atoms with E-state index in [9.17, 15) is 0 Å². The molecule has 1 fully saturated rings. The fourth-order valence-electron chi connectivity index (χ4n) is 2.78. The van der Waals surface area contributed by atoms with Gasteiger partial charge in [-0.2, -0.15) is 4.98 Å². The number of hydrogen-bond donors (Lipinski definition) is 1. The van der Waals surface area contributed by atoms with Crippen LogP contribution < -0.4 is 5.32 Å². The maximum Gasteiger partial charge on any atom is 0.230 e. The van der Waals surface area contributed by atoms with Crippen molar-refractivity contribution in [3.8, 4) is 11.5 Å². The molecule has 2 aromatic rings. The summed E-state index contributed by atoms with van der Waals surface area (Å²) in [5, 5.41) is 7.56. The summed E-state index contributed by atoms with van der Waals surface area (Å²) in [6.45, 7) is 5.31. The number of aryl methyl sites for hydroxylation is 1. The van der Waals surface area contributed by atoms with Gasteiger partial charge in [0.05, 0.1) is 0 Å². The average Bonchev–Trinajstić information content (AvgIpc) is 2.97. The summed E-state index contributed by atoms with van der Waals surface area (Å²) in [6, 6.07) is 4.51. The highest BCUT2D eigenvalue weighted by molar-refractivity contribution is 5.53. The monoisotopic (exact) mass is 272 g/mol. The molecule has 0 aromatic carbocycles. The molecule has 3 heterocycles. The molecule has 20 heavy (non-hydrogen) atoms. The molecule has 0 bridgehead atoms. The van der Waals surface area contributed by atoms with E-state index in [4.69, 9.17) is 4.52 Å². The van der Waals surface area contributed by atoms with Crippen LogP contribution in [0, 0.1) is 0 Å². The van der Waals surface area contributed by atoms with Crippen LogP contribution in [0.1, 0.15) is 44.1 Å². The Hall–Kier alpha value is -1.75. The van der Waals surface area contributed by atoms with Crippen LogP contribution >= 0.6 is 0 Å². The molecule has 1 aliphatic rings. The van der Waals surface area contributed by atoms with E-state index >= 15 is 0 Å². The van der Waals surface area contributed by atoms with Crippen molar-refractivity contribution in [1.29, 1.82) is 0 Å². The minimum atomic E-state index is 0.362. The van der Waals surface area contributed by atoms with Gasteiger partial charge in [0.25, 0.3) is 0 Å². The summed E-state index contributed by atoms with van der Waals surface area (Å²) in [7, 11) is 0. The SMILES string of the molecule is CCc1cccnc1-c1noc(C2CCNC(C)C2)n1. The van der Waals surface area contributed by atoms with Crippen molar-refractivity contribution in [1.82, 2.24) is 20.4 Å². The third-order valence-electron chi connectivity index (χ3n) is 3.90. The second-order valence-electron chi connectivity index (χ2n) is 5.40. The molecule has 5 nitrogen and oxygen atoms in total. The summed E-state index contributed by atoms with van der Waals surface area (Å²) in [5.74, 6) is 1.73. The van der Waals surface area contributed by atoms with Crippen LogP contribution in [-0.4, -0.2) is 27.7 Å². The topological polar surface area (TPSA) is 63.8 Å². The molecular weight excluding hydrogens is 252 g/mol. The van der Waals surface area contributed by atoms with Gasteiger partial charge in [-0.05, 0) is 44.4 Å². The lowest BCUT2D eigenvalue weighted by Gasteiger charge is -2.25. The van der Waals surface area contributed by atoms with E-state index in [1.165, 1.54) is 0 Å². The summed E-state index contributed by atoms with van der Waals surface area (Å²) >= 11 is 0. The maximum atomic E-state index is 5.48. The fraction of sp³-hybridized carbons (Fsp3) is 0.533. The first-order chi connectivity index (χ1) is 9.78. The maximum absolute atomic E-state index is 5.48. The normalized spacial score (nSPS) is 22.9. The zero-order valence-electron chi connectivity index (χ0n) is 12.0. The minimum Gasteiger partial charge on any atom is -0.339 e. The van der Waals surface area contributed by atoms with E-state index in [0.717, 1.165) is 43.0 Å². The molecule has 3 rings (SSSR count). The van der Waals surface area contributed by atoms with Gasteiger partial charge < -0.3 is 9.84 Å². The van der Waals surface area contributed by atoms with Crippen LogP contribution in [0.3, 0.4) is 0 Å². The molecule has 0 saturated carbocycles. The summed E-state index contributed by atoms with van der Waals surface area (Å²) < 4.78 is 5.48. The van der Waals surface area contributed by atoms with Gasteiger partial charge in [0, 0.05) is 18.2 Å². The average molecular weight is 272 g/mol. The first kappa shape index (κ1) is 13.2. The quantitative estimate of drug-likeness (QED) is 0.930. The number of nitrogens with one attached hydrogen (secondary N) is 1. The molecule has 2 unspecified atom stereocenters. The van der Waals surface area contributed by atoms with Crippen molar-refractivity contribution in [2.75, 3.05) is 6.54 Å². The standard InChI is InChI=1S/C15H20N4O/c1-3-11-5-4-7-17-13(11)14-18-15(20-19-14)12-6-8-16-10(2)9-12/h4-5,7,10,12,16H,3,6,8-9H2,1-2H3. The van der Waals surface area contributed by atoms with Gasteiger partial charge in [0.15, 0.2) is 0 Å². The summed E-state index contributed by atoms with van der Waals surface area (Å²) in [6.07, 6.45) is 4.79. The Labute approximate surface area is 118 Å². The van der Waals surface area contributed by atoms with E-state index in [0.29, 0.717) is 17.8 Å². The molecule has 2 atom stereocenters. The van der Waals surface area contributed by atoms with Crippen LogP contribution in [0.4, 0.5) is 0 Å². The highest BCUT2D eigenvalue weighted by atomic mass is 16.5. The molecule has 106 valence electrons. The van der Waals surface area contributed by atoms with E-state index in [1.54, 1.807) is 6.20 Å². The van der Waals surface area contributed by atoms with Gasteiger partial charge in [0.2, 0.25) is 11.7 Å². The van der Waals surface area contributed by atoms with Crippen molar-refractivity contribution >= 4 is 0 Å². The number of pyridine rings is 1. The largest absolute Gasteiger partial charge is 0.339 e. The molecule has 1 aliphatic heterocycles. The zero-order chi connectivity index (χ0) is 13.9. The first-order valence-corrected chi connectivity index (χ1v) is 7.29. The van der Waals surface area contributed by atoms with Crippen LogP contribution in [0.15, 0.2) is 22.9 Å². The Bertz CT molecular complexity index is 581. The predicted octanol–water partition coefficient (Wildman–Crippen LogP) is 2.55. The number of hydrogen-bond acceptors (Lipinski definition) is 5. The Balaban J connectivity index is 1.86. The second-order valence-corrected chi connectivity index (χ2v) is 5.40. The van der Waals surface area contributed by atoms with Gasteiger partial charge in [-0.3, -0.25) is 4.98 Å². The Morgan fingerprint density at radius 1 is 1.45 bits per heavy atom. The number of rotatable bonds is 3. The molecule has 0 amide bonds. The molecule has 1 saturated heterocycles. The molecule has 0 spiro atoms. The van der Waals surface area contributed by atoms with Crippen molar-refractivity contribution < 1.29 is 4.52 Å². The Kier molecular flexibility index (Phi) is 3.78. The molecule has 0 aliphatic carbocycles. The summed E-state index contributed by atoms with van der Waals surface area (Å²) in [5.41, 5.74) is 1.99. The number of nitrogens with zero attached hydrogens (tertiary/aromatic N) is 3. The lowest BCUT2D eigenvalue weighted by Crippen LogP contribution is -2.34. The van der Waals surface area contributed by atoms with Gasteiger partial charge in [0.1, 0.15) is 5.69 Å². The first-order valence-electron chi connectivity index (χ1n) is 7.29. The van der Waals surface area contributed by atoms with E-state index < -0.39 is 0 Å². The third kappa shape index (κ3) is 2.58. The van der Waals surface area contributed by atoms with Crippen LogP contribution in [0.25, 0.3) is 11.5 Å². The molecule has 1 N–H and O–H groups in total. The molecule has 0 radical (unpaired) electrons. The van der Waals surface area contributed by atoms with Crippen molar-refractivity contribution in [3.05, 3.63) is 29.8 Å². The van der Waals surface area contributed by atoms with Crippen molar-refractivity contribution in [2.24, 2.45) is 0 Å². The lowest BCUT2D eigenvalue weighted by atomic mass is 9.93.